The first-order valence-electron chi connectivity index (χ1n) is 7.57. The zero-order valence-electron chi connectivity index (χ0n) is 13.4. The first-order chi connectivity index (χ1) is 12.2. The third-order valence-corrected chi connectivity index (χ3v) is 5.54. The monoisotopic (exact) mass is 392 g/mol. The predicted molar refractivity (Wildman–Crippen MR) is 83.8 cm³/mol. The molecule has 0 unspecified atom stereocenters. The van der Waals surface area contributed by atoms with E-state index in [0.717, 1.165) is 6.20 Å². The standard InChI is InChI=1S/C14H15F3N4O4S/c15-14(16,17)25-12-1-2-13(18-9-12)20-4-6-21(7-5-20)26(22,23)10-11-3-8-24-19-11/h1-3,8-9H,4-7,10H2. The van der Waals surface area contributed by atoms with Crippen LogP contribution in [0.1, 0.15) is 5.69 Å². The second-order valence-electron chi connectivity index (χ2n) is 5.53. The molecule has 0 N–H and O–H groups in total. The van der Waals surface area contributed by atoms with Crippen LogP contribution in [-0.2, 0) is 15.8 Å². The molecule has 0 atom stereocenters. The van der Waals surface area contributed by atoms with Gasteiger partial charge in [-0.2, -0.15) is 4.31 Å². The molecule has 0 saturated carbocycles. The van der Waals surface area contributed by atoms with Gasteiger partial charge in [0.2, 0.25) is 10.0 Å². The van der Waals surface area contributed by atoms with Crippen molar-refractivity contribution in [1.82, 2.24) is 14.4 Å². The lowest BCUT2D eigenvalue weighted by molar-refractivity contribution is -0.274. The summed E-state index contributed by atoms with van der Waals surface area (Å²) < 4.78 is 70.9. The molecule has 2 aromatic heterocycles. The summed E-state index contributed by atoms with van der Waals surface area (Å²) in [6, 6.07) is 4.06. The van der Waals surface area contributed by atoms with E-state index in [-0.39, 0.29) is 18.8 Å². The Labute approximate surface area is 147 Å². The molecule has 8 nitrogen and oxygen atoms in total. The van der Waals surface area contributed by atoms with Crippen LogP contribution >= 0.6 is 0 Å². The largest absolute Gasteiger partial charge is 0.573 e. The number of pyridine rings is 1. The first kappa shape index (κ1) is 18.5. The van der Waals surface area contributed by atoms with Crippen molar-refractivity contribution in [2.75, 3.05) is 31.1 Å². The molecule has 3 heterocycles. The third-order valence-electron chi connectivity index (χ3n) is 3.73. The van der Waals surface area contributed by atoms with Gasteiger partial charge in [-0.3, -0.25) is 0 Å². The van der Waals surface area contributed by atoms with Gasteiger partial charge in [0.15, 0.2) is 0 Å². The van der Waals surface area contributed by atoms with Crippen LogP contribution in [0.15, 0.2) is 35.2 Å². The molecular formula is C14H15F3N4O4S. The Balaban J connectivity index is 1.58. The fourth-order valence-electron chi connectivity index (χ4n) is 2.54. The van der Waals surface area contributed by atoms with Gasteiger partial charge < -0.3 is 14.2 Å². The fourth-order valence-corrected chi connectivity index (χ4v) is 3.96. The molecule has 12 heteroatoms. The lowest BCUT2D eigenvalue weighted by Crippen LogP contribution is -2.49. The van der Waals surface area contributed by atoms with Crippen LogP contribution in [0.5, 0.6) is 5.75 Å². The van der Waals surface area contributed by atoms with Crippen LogP contribution in [0.25, 0.3) is 0 Å². The number of alkyl halides is 3. The number of sulfonamides is 1. The van der Waals surface area contributed by atoms with E-state index in [2.05, 4.69) is 19.4 Å². The van der Waals surface area contributed by atoms with Crippen LogP contribution in [0.4, 0.5) is 19.0 Å². The maximum atomic E-state index is 12.4. The number of hydrogen-bond acceptors (Lipinski definition) is 7. The minimum absolute atomic E-state index is 0.239. The third kappa shape index (κ3) is 4.64. The molecule has 1 aliphatic heterocycles. The Morgan fingerprint density at radius 1 is 1.15 bits per heavy atom. The van der Waals surface area contributed by atoms with Crippen molar-refractivity contribution in [3.05, 3.63) is 36.4 Å². The van der Waals surface area contributed by atoms with Crippen LogP contribution < -0.4 is 9.64 Å². The Hall–Kier alpha value is -2.34. The number of anilines is 1. The van der Waals surface area contributed by atoms with Gasteiger partial charge in [0.1, 0.15) is 23.6 Å². The molecule has 1 fully saturated rings. The molecule has 0 spiro atoms. The van der Waals surface area contributed by atoms with E-state index in [1.807, 2.05) is 0 Å². The molecule has 3 rings (SSSR count). The van der Waals surface area contributed by atoms with Crippen LogP contribution in [0, 0.1) is 0 Å². The van der Waals surface area contributed by atoms with Gasteiger partial charge in [-0.1, -0.05) is 5.16 Å². The van der Waals surface area contributed by atoms with Crippen molar-refractivity contribution < 1.29 is 30.8 Å². The molecular weight excluding hydrogens is 377 g/mol. The summed E-state index contributed by atoms with van der Waals surface area (Å²) in [5.74, 6) is -0.200. The quantitative estimate of drug-likeness (QED) is 0.764. The van der Waals surface area contributed by atoms with Crippen molar-refractivity contribution in [2.24, 2.45) is 0 Å². The molecule has 0 aromatic carbocycles. The predicted octanol–water partition coefficient (Wildman–Crippen LogP) is 1.62. The minimum atomic E-state index is -4.77. The topological polar surface area (TPSA) is 88.8 Å². The second-order valence-corrected chi connectivity index (χ2v) is 7.50. The van der Waals surface area contributed by atoms with Gasteiger partial charge in [0.25, 0.3) is 0 Å². The summed E-state index contributed by atoms with van der Waals surface area (Å²) in [5, 5.41) is 3.60. The Morgan fingerprint density at radius 3 is 2.42 bits per heavy atom. The van der Waals surface area contributed by atoms with E-state index < -0.39 is 22.1 Å². The number of ether oxygens (including phenoxy) is 1. The molecule has 0 aliphatic carbocycles. The molecule has 0 bridgehead atoms. The van der Waals surface area contributed by atoms with Crippen molar-refractivity contribution in [1.29, 1.82) is 0 Å². The van der Waals surface area contributed by atoms with Crippen molar-refractivity contribution in [3.63, 3.8) is 0 Å². The maximum Gasteiger partial charge on any atom is 0.573 e. The van der Waals surface area contributed by atoms with E-state index >= 15 is 0 Å². The Bertz CT molecular complexity index is 817. The maximum absolute atomic E-state index is 12.4. The van der Waals surface area contributed by atoms with Gasteiger partial charge in [-0.05, 0) is 12.1 Å². The summed E-state index contributed by atoms with van der Waals surface area (Å²) in [7, 11) is -3.52. The van der Waals surface area contributed by atoms with E-state index in [9.17, 15) is 21.6 Å². The highest BCUT2D eigenvalue weighted by molar-refractivity contribution is 7.88. The highest BCUT2D eigenvalue weighted by atomic mass is 32.2. The van der Waals surface area contributed by atoms with Crippen molar-refractivity contribution in [2.45, 2.75) is 12.1 Å². The summed E-state index contributed by atoms with van der Waals surface area (Å²) >= 11 is 0. The first-order valence-corrected chi connectivity index (χ1v) is 9.18. The Morgan fingerprint density at radius 2 is 1.88 bits per heavy atom. The number of piperazine rings is 1. The molecule has 0 radical (unpaired) electrons. The average Bonchev–Trinajstić information content (AvgIpc) is 3.06. The number of aromatic nitrogens is 2. The zero-order valence-corrected chi connectivity index (χ0v) is 14.2. The van der Waals surface area contributed by atoms with Gasteiger partial charge in [0, 0.05) is 32.2 Å². The number of nitrogens with zero attached hydrogens (tertiary/aromatic N) is 4. The lowest BCUT2D eigenvalue weighted by Gasteiger charge is -2.34. The van der Waals surface area contributed by atoms with Crippen molar-refractivity contribution in [3.8, 4) is 5.75 Å². The summed E-state index contributed by atoms with van der Waals surface area (Å²) in [6.07, 6.45) is -2.48. The number of halogens is 3. The van der Waals surface area contributed by atoms with Crippen LogP contribution in [0.3, 0.4) is 0 Å². The summed E-state index contributed by atoms with van der Waals surface area (Å²) in [6.45, 7) is 1.21. The minimum Gasteiger partial charge on any atom is -0.404 e. The normalized spacial score (nSPS) is 16.7. The summed E-state index contributed by atoms with van der Waals surface area (Å²) in [4.78, 5) is 5.74. The van der Waals surface area contributed by atoms with E-state index in [1.54, 1.807) is 4.90 Å². The fraction of sp³-hybridized carbons (Fsp3) is 0.429. The molecule has 1 saturated heterocycles. The zero-order chi connectivity index (χ0) is 18.8. The molecule has 1 aliphatic rings. The van der Waals surface area contributed by atoms with E-state index in [4.69, 9.17) is 0 Å². The molecule has 0 amide bonds. The average molecular weight is 392 g/mol. The summed E-state index contributed by atoms with van der Waals surface area (Å²) in [5.41, 5.74) is 0.328. The lowest BCUT2D eigenvalue weighted by atomic mass is 10.3. The van der Waals surface area contributed by atoms with Gasteiger partial charge in [-0.25, -0.2) is 13.4 Å². The highest BCUT2D eigenvalue weighted by Crippen LogP contribution is 2.24. The van der Waals surface area contributed by atoms with Crippen LogP contribution in [-0.4, -0.2) is 55.4 Å². The number of rotatable bonds is 5. The van der Waals surface area contributed by atoms with Gasteiger partial charge in [0.05, 0.1) is 11.9 Å². The number of hydrogen-bond donors (Lipinski definition) is 0. The second kappa shape index (κ2) is 7.11. The van der Waals surface area contributed by atoms with Gasteiger partial charge in [-0.15, -0.1) is 13.2 Å². The van der Waals surface area contributed by atoms with Crippen LogP contribution in [0.2, 0.25) is 0 Å². The molecule has 26 heavy (non-hydrogen) atoms. The SMILES string of the molecule is O=S(=O)(Cc1ccon1)N1CCN(c2ccc(OC(F)(F)F)cn2)CC1. The van der Waals surface area contributed by atoms with E-state index in [1.165, 1.54) is 28.8 Å². The van der Waals surface area contributed by atoms with Crippen molar-refractivity contribution >= 4 is 15.8 Å². The molecule has 2 aromatic rings. The van der Waals surface area contributed by atoms with E-state index in [0.29, 0.717) is 24.6 Å². The molecule has 142 valence electrons. The smallest absolute Gasteiger partial charge is 0.404 e. The van der Waals surface area contributed by atoms with Gasteiger partial charge >= 0.3 is 6.36 Å². The Kier molecular flexibility index (Phi) is 5.05. The highest BCUT2D eigenvalue weighted by Gasteiger charge is 2.31.